The molecule has 0 fully saturated rings. The van der Waals surface area contributed by atoms with E-state index in [1.807, 2.05) is 19.1 Å². The maximum Gasteiger partial charge on any atom is 0.306 e. The molecule has 1 aromatic carbocycles. The van der Waals surface area contributed by atoms with Crippen LogP contribution >= 0.6 is 0 Å². The highest BCUT2D eigenvalue weighted by Crippen LogP contribution is 2.42. The molecule has 2 rings (SSSR count). The molecule has 0 radical (unpaired) electrons. The number of carbonyl (C=O) groups is 2. The summed E-state index contributed by atoms with van der Waals surface area (Å²) in [6.45, 7) is 1.91. The predicted molar refractivity (Wildman–Crippen MR) is 62.8 cm³/mol. The minimum absolute atomic E-state index is 0.0528. The SMILES string of the molecule is CCC1(CC(=O)O)c2ccccc2C(=O)N1C. The van der Waals surface area contributed by atoms with Crippen LogP contribution in [0.4, 0.5) is 0 Å². The Morgan fingerprint density at radius 3 is 2.65 bits per heavy atom. The van der Waals surface area contributed by atoms with Crippen LogP contribution in [0.5, 0.6) is 0 Å². The number of carboxylic acids is 1. The van der Waals surface area contributed by atoms with Crippen LogP contribution in [-0.4, -0.2) is 28.9 Å². The standard InChI is InChI=1S/C13H15NO3/c1-3-13(8-11(15)16)10-7-5-4-6-9(10)12(17)14(13)2/h4-7H,3,8H2,1-2H3,(H,15,16). The van der Waals surface area contributed by atoms with Crippen molar-refractivity contribution in [2.45, 2.75) is 25.3 Å². The average molecular weight is 233 g/mol. The van der Waals surface area contributed by atoms with Crippen LogP contribution in [0.3, 0.4) is 0 Å². The lowest BCUT2D eigenvalue weighted by Crippen LogP contribution is -2.42. The first-order chi connectivity index (χ1) is 8.03. The fraction of sp³-hybridized carbons (Fsp3) is 0.385. The normalized spacial score (nSPS) is 22.7. The van der Waals surface area contributed by atoms with Crippen molar-refractivity contribution in [3.05, 3.63) is 35.4 Å². The minimum atomic E-state index is -0.886. The summed E-state index contributed by atoms with van der Waals surface area (Å²) in [6, 6.07) is 7.26. The summed E-state index contributed by atoms with van der Waals surface area (Å²) in [5, 5.41) is 9.06. The molecule has 1 amide bonds. The summed E-state index contributed by atoms with van der Waals surface area (Å²) in [5.74, 6) is -0.980. The summed E-state index contributed by atoms with van der Waals surface area (Å²) in [7, 11) is 1.68. The fourth-order valence-electron chi connectivity index (χ4n) is 2.65. The van der Waals surface area contributed by atoms with Crippen molar-refractivity contribution in [1.29, 1.82) is 0 Å². The van der Waals surface area contributed by atoms with Crippen LogP contribution in [0.15, 0.2) is 24.3 Å². The Morgan fingerprint density at radius 1 is 1.41 bits per heavy atom. The molecule has 4 nitrogen and oxygen atoms in total. The molecule has 1 atom stereocenters. The van der Waals surface area contributed by atoms with Crippen LogP contribution in [0.2, 0.25) is 0 Å². The van der Waals surface area contributed by atoms with Gasteiger partial charge in [0.15, 0.2) is 0 Å². The minimum Gasteiger partial charge on any atom is -0.481 e. The van der Waals surface area contributed by atoms with Crippen LogP contribution in [0, 0.1) is 0 Å². The molecule has 90 valence electrons. The number of fused-ring (bicyclic) bond motifs is 1. The number of aliphatic carboxylic acids is 1. The molecule has 1 N–H and O–H groups in total. The number of rotatable bonds is 3. The Balaban J connectivity index is 2.60. The molecule has 1 aromatic rings. The van der Waals surface area contributed by atoms with Gasteiger partial charge in [-0.2, -0.15) is 0 Å². The van der Waals surface area contributed by atoms with E-state index in [0.29, 0.717) is 12.0 Å². The zero-order valence-corrected chi connectivity index (χ0v) is 9.93. The summed E-state index contributed by atoms with van der Waals surface area (Å²) in [5.41, 5.74) is 0.759. The van der Waals surface area contributed by atoms with Crippen LogP contribution in [-0.2, 0) is 10.3 Å². The van der Waals surface area contributed by atoms with Crippen LogP contribution in [0.25, 0.3) is 0 Å². The third kappa shape index (κ3) is 1.52. The second-order valence-electron chi connectivity index (χ2n) is 4.37. The first kappa shape index (κ1) is 11.6. The molecule has 0 bridgehead atoms. The highest BCUT2D eigenvalue weighted by molar-refractivity contribution is 6.00. The first-order valence-corrected chi connectivity index (χ1v) is 5.62. The average Bonchev–Trinajstić information content (AvgIpc) is 2.52. The largest absolute Gasteiger partial charge is 0.481 e. The number of carbonyl (C=O) groups excluding carboxylic acids is 1. The summed E-state index contributed by atoms with van der Waals surface area (Å²) < 4.78 is 0. The van der Waals surface area contributed by atoms with Gasteiger partial charge in [0.2, 0.25) is 0 Å². The van der Waals surface area contributed by atoms with E-state index in [1.165, 1.54) is 0 Å². The highest BCUT2D eigenvalue weighted by Gasteiger charge is 2.47. The van der Waals surface area contributed by atoms with E-state index >= 15 is 0 Å². The number of nitrogens with zero attached hydrogens (tertiary/aromatic N) is 1. The maximum atomic E-state index is 12.1. The van der Waals surface area contributed by atoms with E-state index in [2.05, 4.69) is 0 Å². The number of amides is 1. The van der Waals surface area contributed by atoms with Gasteiger partial charge in [-0.1, -0.05) is 25.1 Å². The van der Waals surface area contributed by atoms with E-state index in [-0.39, 0.29) is 12.3 Å². The van der Waals surface area contributed by atoms with E-state index in [0.717, 1.165) is 5.56 Å². The summed E-state index contributed by atoms with van der Waals surface area (Å²) in [6.07, 6.45) is 0.543. The molecule has 0 spiro atoms. The van der Waals surface area contributed by atoms with Crippen molar-refractivity contribution >= 4 is 11.9 Å². The van der Waals surface area contributed by atoms with Gasteiger partial charge in [-0.25, -0.2) is 0 Å². The Labute approximate surface area is 99.9 Å². The third-order valence-corrected chi connectivity index (χ3v) is 3.63. The zero-order chi connectivity index (χ0) is 12.6. The molecular formula is C13H15NO3. The second kappa shape index (κ2) is 3.87. The molecule has 1 aliphatic heterocycles. The van der Waals surface area contributed by atoms with E-state index in [1.54, 1.807) is 24.1 Å². The van der Waals surface area contributed by atoms with Crippen molar-refractivity contribution in [1.82, 2.24) is 4.90 Å². The lowest BCUT2D eigenvalue weighted by molar-refractivity contribution is -0.139. The van der Waals surface area contributed by atoms with Crippen molar-refractivity contribution in [2.75, 3.05) is 7.05 Å². The Bertz CT molecular complexity index is 483. The van der Waals surface area contributed by atoms with Crippen molar-refractivity contribution in [2.24, 2.45) is 0 Å². The van der Waals surface area contributed by atoms with Crippen molar-refractivity contribution in [3.63, 3.8) is 0 Å². The molecular weight excluding hydrogens is 218 g/mol. The molecule has 0 saturated heterocycles. The van der Waals surface area contributed by atoms with E-state index in [4.69, 9.17) is 5.11 Å². The van der Waals surface area contributed by atoms with Crippen LogP contribution in [0.1, 0.15) is 35.7 Å². The predicted octanol–water partition coefficient (Wildman–Crippen LogP) is 1.85. The van der Waals surface area contributed by atoms with E-state index < -0.39 is 11.5 Å². The molecule has 0 saturated carbocycles. The quantitative estimate of drug-likeness (QED) is 0.866. The monoisotopic (exact) mass is 233 g/mol. The fourth-order valence-corrected chi connectivity index (χ4v) is 2.65. The van der Waals surface area contributed by atoms with Crippen LogP contribution < -0.4 is 0 Å². The van der Waals surface area contributed by atoms with Gasteiger partial charge in [0, 0.05) is 12.6 Å². The zero-order valence-electron chi connectivity index (χ0n) is 9.93. The Kier molecular flexibility index (Phi) is 2.65. The molecule has 1 unspecified atom stereocenters. The highest BCUT2D eigenvalue weighted by atomic mass is 16.4. The molecule has 1 heterocycles. The first-order valence-electron chi connectivity index (χ1n) is 5.62. The number of carboxylic acid groups (broad SMARTS) is 1. The van der Waals surface area contributed by atoms with Crippen molar-refractivity contribution < 1.29 is 14.7 Å². The Hall–Kier alpha value is -1.84. The third-order valence-electron chi connectivity index (χ3n) is 3.63. The van der Waals surface area contributed by atoms with Gasteiger partial charge in [0.1, 0.15) is 0 Å². The summed E-state index contributed by atoms with van der Waals surface area (Å²) >= 11 is 0. The molecule has 17 heavy (non-hydrogen) atoms. The molecule has 4 heteroatoms. The van der Waals surface area contributed by atoms with Gasteiger partial charge >= 0.3 is 5.97 Å². The topological polar surface area (TPSA) is 57.6 Å². The van der Waals surface area contributed by atoms with Gasteiger partial charge < -0.3 is 10.0 Å². The lowest BCUT2D eigenvalue weighted by atomic mass is 9.84. The molecule has 1 aliphatic rings. The van der Waals surface area contributed by atoms with Gasteiger partial charge in [-0.05, 0) is 18.1 Å². The van der Waals surface area contributed by atoms with E-state index in [9.17, 15) is 9.59 Å². The van der Waals surface area contributed by atoms with Crippen molar-refractivity contribution in [3.8, 4) is 0 Å². The number of benzene rings is 1. The number of hydrogen-bond donors (Lipinski definition) is 1. The molecule has 0 aromatic heterocycles. The van der Waals surface area contributed by atoms with Gasteiger partial charge in [0.05, 0.1) is 12.0 Å². The van der Waals surface area contributed by atoms with Gasteiger partial charge in [-0.3, -0.25) is 9.59 Å². The number of hydrogen-bond acceptors (Lipinski definition) is 2. The van der Waals surface area contributed by atoms with Gasteiger partial charge in [-0.15, -0.1) is 0 Å². The second-order valence-corrected chi connectivity index (χ2v) is 4.37. The summed E-state index contributed by atoms with van der Waals surface area (Å²) in [4.78, 5) is 24.7. The Morgan fingerprint density at radius 2 is 2.06 bits per heavy atom. The maximum absolute atomic E-state index is 12.1. The smallest absolute Gasteiger partial charge is 0.306 e. The lowest BCUT2D eigenvalue weighted by Gasteiger charge is -2.34. The van der Waals surface area contributed by atoms with Gasteiger partial charge in [0.25, 0.3) is 5.91 Å². The molecule has 0 aliphatic carbocycles.